The summed E-state index contributed by atoms with van der Waals surface area (Å²) in [7, 11) is 1.52. The smallest absolute Gasteiger partial charge is 0.419 e. The highest BCUT2D eigenvalue weighted by Gasteiger charge is 2.34. The summed E-state index contributed by atoms with van der Waals surface area (Å²) < 4.78 is 63.6. The molecular formula is C25H25F4NO2. The molecule has 2 aromatic carbocycles. The Balaban J connectivity index is 1.96. The molecule has 0 bridgehead atoms. The average molecular weight is 447 g/mol. The first kappa shape index (κ1) is 23.6. The second-order valence-electron chi connectivity index (χ2n) is 7.36. The predicted octanol–water partition coefficient (Wildman–Crippen LogP) is 6.93. The van der Waals surface area contributed by atoms with Gasteiger partial charge in [-0.3, -0.25) is 4.98 Å². The van der Waals surface area contributed by atoms with Crippen LogP contribution in [0.2, 0.25) is 0 Å². The SMILES string of the molecule is CCc1cccc(CC)c1-c1cc(OC)c(COc2ccc(F)c(C(F)(F)F)c2)c(C)n1. The third-order valence-corrected chi connectivity index (χ3v) is 5.39. The molecule has 7 heteroatoms. The van der Waals surface area contributed by atoms with E-state index in [1.165, 1.54) is 24.3 Å². The van der Waals surface area contributed by atoms with Crippen molar-refractivity contribution < 1.29 is 27.0 Å². The molecule has 0 radical (unpaired) electrons. The highest BCUT2D eigenvalue weighted by Crippen LogP contribution is 2.35. The molecule has 0 atom stereocenters. The second kappa shape index (κ2) is 9.59. The number of nitrogens with zero attached hydrogens (tertiary/aromatic N) is 1. The lowest BCUT2D eigenvalue weighted by Gasteiger charge is -2.18. The van der Waals surface area contributed by atoms with Gasteiger partial charge in [-0.1, -0.05) is 32.0 Å². The first-order valence-electron chi connectivity index (χ1n) is 10.3. The van der Waals surface area contributed by atoms with Gasteiger partial charge in [-0.2, -0.15) is 13.2 Å². The van der Waals surface area contributed by atoms with E-state index in [0.717, 1.165) is 30.2 Å². The largest absolute Gasteiger partial charge is 0.496 e. The summed E-state index contributed by atoms with van der Waals surface area (Å²) in [4.78, 5) is 4.75. The minimum Gasteiger partial charge on any atom is -0.496 e. The second-order valence-corrected chi connectivity index (χ2v) is 7.36. The van der Waals surface area contributed by atoms with Crippen LogP contribution in [0.4, 0.5) is 17.6 Å². The predicted molar refractivity (Wildman–Crippen MR) is 115 cm³/mol. The van der Waals surface area contributed by atoms with Crippen LogP contribution in [0.25, 0.3) is 11.3 Å². The highest BCUT2D eigenvalue weighted by atomic mass is 19.4. The molecule has 0 fully saturated rings. The van der Waals surface area contributed by atoms with Crippen molar-refractivity contribution in [2.45, 2.75) is 46.4 Å². The molecule has 3 rings (SSSR count). The van der Waals surface area contributed by atoms with Crippen molar-refractivity contribution in [1.29, 1.82) is 0 Å². The Labute approximate surface area is 185 Å². The highest BCUT2D eigenvalue weighted by molar-refractivity contribution is 5.70. The molecule has 3 aromatic rings. The number of ether oxygens (including phenoxy) is 2. The molecule has 170 valence electrons. The number of methoxy groups -OCH3 is 1. The lowest BCUT2D eigenvalue weighted by atomic mass is 9.94. The molecule has 0 saturated heterocycles. The zero-order valence-electron chi connectivity index (χ0n) is 18.4. The fraction of sp³-hybridized carbons (Fsp3) is 0.320. The van der Waals surface area contributed by atoms with Gasteiger partial charge in [0.1, 0.15) is 23.9 Å². The molecule has 0 amide bonds. The maximum absolute atomic E-state index is 13.5. The molecule has 0 saturated carbocycles. The van der Waals surface area contributed by atoms with Crippen molar-refractivity contribution in [3.05, 3.63) is 76.2 Å². The van der Waals surface area contributed by atoms with Gasteiger partial charge in [0, 0.05) is 17.3 Å². The third kappa shape index (κ3) is 4.87. The maximum Gasteiger partial charge on any atom is 0.419 e. The molecule has 1 heterocycles. The molecule has 1 aromatic heterocycles. The van der Waals surface area contributed by atoms with E-state index < -0.39 is 17.6 Å². The van der Waals surface area contributed by atoms with Gasteiger partial charge in [0.15, 0.2) is 0 Å². The standard InChI is InChI=1S/C25H25F4NO2/c1-5-16-8-7-9-17(6-2)24(16)22-13-23(31-4)19(15(3)30-22)14-32-18-10-11-21(26)20(12-18)25(27,28)29/h7-13H,5-6,14H2,1-4H3. The van der Waals surface area contributed by atoms with E-state index >= 15 is 0 Å². The summed E-state index contributed by atoms with van der Waals surface area (Å²) in [5, 5.41) is 0. The lowest BCUT2D eigenvalue weighted by Crippen LogP contribution is -2.09. The van der Waals surface area contributed by atoms with Gasteiger partial charge in [0.25, 0.3) is 0 Å². The van der Waals surface area contributed by atoms with Crippen LogP contribution >= 0.6 is 0 Å². The Morgan fingerprint density at radius 2 is 1.62 bits per heavy atom. The third-order valence-electron chi connectivity index (χ3n) is 5.39. The van der Waals surface area contributed by atoms with Crippen molar-refractivity contribution in [3.63, 3.8) is 0 Å². The normalized spacial score (nSPS) is 11.5. The maximum atomic E-state index is 13.5. The molecule has 0 aliphatic heterocycles. The van der Waals surface area contributed by atoms with Crippen molar-refractivity contribution in [2.24, 2.45) is 0 Å². The summed E-state index contributed by atoms with van der Waals surface area (Å²) >= 11 is 0. The molecule has 32 heavy (non-hydrogen) atoms. The van der Waals surface area contributed by atoms with Crippen LogP contribution in [0.5, 0.6) is 11.5 Å². The van der Waals surface area contributed by atoms with Crippen molar-refractivity contribution >= 4 is 0 Å². The number of hydrogen-bond donors (Lipinski definition) is 0. The van der Waals surface area contributed by atoms with Gasteiger partial charge < -0.3 is 9.47 Å². The van der Waals surface area contributed by atoms with Gasteiger partial charge in [0.05, 0.1) is 23.9 Å². The molecule has 3 nitrogen and oxygen atoms in total. The first-order valence-corrected chi connectivity index (χ1v) is 10.3. The first-order chi connectivity index (χ1) is 15.2. The zero-order valence-corrected chi connectivity index (χ0v) is 18.4. The Bertz CT molecular complexity index is 1090. The summed E-state index contributed by atoms with van der Waals surface area (Å²) in [6.45, 7) is 5.91. The minimum absolute atomic E-state index is 0.0682. The quantitative estimate of drug-likeness (QED) is 0.368. The fourth-order valence-electron chi connectivity index (χ4n) is 3.69. The van der Waals surface area contributed by atoms with Crippen LogP contribution in [0, 0.1) is 12.7 Å². The van der Waals surface area contributed by atoms with E-state index in [0.29, 0.717) is 23.1 Å². The Kier molecular flexibility index (Phi) is 7.06. The Morgan fingerprint density at radius 1 is 0.969 bits per heavy atom. The Hall–Kier alpha value is -3.09. The number of aryl methyl sites for hydroxylation is 3. The van der Waals surface area contributed by atoms with Crippen LogP contribution in [0.15, 0.2) is 42.5 Å². The molecule has 0 unspecified atom stereocenters. The van der Waals surface area contributed by atoms with Crippen molar-refractivity contribution in [3.8, 4) is 22.8 Å². The topological polar surface area (TPSA) is 31.4 Å². The van der Waals surface area contributed by atoms with E-state index in [1.807, 2.05) is 12.1 Å². The number of benzene rings is 2. The van der Waals surface area contributed by atoms with E-state index in [4.69, 9.17) is 14.5 Å². The van der Waals surface area contributed by atoms with Gasteiger partial charge in [0.2, 0.25) is 0 Å². The van der Waals surface area contributed by atoms with Crippen molar-refractivity contribution in [2.75, 3.05) is 7.11 Å². The average Bonchev–Trinajstić information content (AvgIpc) is 2.77. The van der Waals surface area contributed by atoms with Crippen LogP contribution in [-0.2, 0) is 25.6 Å². The van der Waals surface area contributed by atoms with Gasteiger partial charge in [-0.25, -0.2) is 4.39 Å². The molecular weight excluding hydrogens is 422 g/mol. The minimum atomic E-state index is -4.80. The lowest BCUT2D eigenvalue weighted by molar-refractivity contribution is -0.140. The number of rotatable bonds is 7. The summed E-state index contributed by atoms with van der Waals surface area (Å²) in [6, 6.07) is 10.6. The van der Waals surface area contributed by atoms with Crippen LogP contribution in [-0.4, -0.2) is 12.1 Å². The molecule has 0 spiro atoms. The van der Waals surface area contributed by atoms with E-state index in [2.05, 4.69) is 26.0 Å². The van der Waals surface area contributed by atoms with Crippen LogP contribution < -0.4 is 9.47 Å². The van der Waals surface area contributed by atoms with Crippen molar-refractivity contribution in [1.82, 2.24) is 4.98 Å². The van der Waals surface area contributed by atoms with Gasteiger partial charge in [-0.15, -0.1) is 0 Å². The number of aromatic nitrogens is 1. The summed E-state index contributed by atoms with van der Waals surface area (Å²) in [6.07, 6.45) is -3.10. The zero-order chi connectivity index (χ0) is 23.5. The molecule has 0 aliphatic rings. The van der Waals surface area contributed by atoms with Crippen LogP contribution in [0.3, 0.4) is 0 Å². The number of alkyl halides is 3. The van der Waals surface area contributed by atoms with E-state index in [9.17, 15) is 17.6 Å². The fourth-order valence-corrected chi connectivity index (χ4v) is 3.69. The number of halogens is 4. The number of hydrogen-bond acceptors (Lipinski definition) is 3. The summed E-state index contributed by atoms with van der Waals surface area (Å²) in [5.41, 5.74) is 4.09. The molecule has 0 aliphatic carbocycles. The van der Waals surface area contributed by atoms with Crippen LogP contribution in [0.1, 0.15) is 41.8 Å². The summed E-state index contributed by atoms with van der Waals surface area (Å²) in [5.74, 6) is -0.904. The number of pyridine rings is 1. The van der Waals surface area contributed by atoms with Gasteiger partial charge >= 0.3 is 6.18 Å². The van der Waals surface area contributed by atoms with E-state index in [-0.39, 0.29) is 12.4 Å². The van der Waals surface area contributed by atoms with Gasteiger partial charge in [-0.05, 0) is 49.1 Å². The monoisotopic (exact) mass is 447 g/mol. The Morgan fingerprint density at radius 3 is 2.19 bits per heavy atom. The van der Waals surface area contributed by atoms with E-state index in [1.54, 1.807) is 6.92 Å². The molecule has 0 N–H and O–H groups in total.